The molecular formula is C10H17N. The molecule has 2 aliphatic carbocycles. The predicted octanol–water partition coefficient (Wildman–Crippen LogP) is 2.08. The average Bonchev–Trinajstić information content (AvgIpc) is 2.58. The van der Waals surface area contributed by atoms with Crippen molar-refractivity contribution in [3.8, 4) is 0 Å². The van der Waals surface area contributed by atoms with Crippen LogP contribution in [-0.4, -0.2) is 5.54 Å². The van der Waals surface area contributed by atoms with E-state index in [9.17, 15) is 0 Å². The predicted molar refractivity (Wildman–Crippen MR) is 47.2 cm³/mol. The van der Waals surface area contributed by atoms with Gasteiger partial charge in [0, 0.05) is 5.54 Å². The summed E-state index contributed by atoms with van der Waals surface area (Å²) in [6.07, 6.45) is 5.15. The van der Waals surface area contributed by atoms with Crippen LogP contribution < -0.4 is 5.73 Å². The first-order valence-corrected chi connectivity index (χ1v) is 4.56. The fourth-order valence-corrected chi connectivity index (χ4v) is 2.42. The topological polar surface area (TPSA) is 26.0 Å². The lowest BCUT2D eigenvalue weighted by Gasteiger charge is -2.26. The summed E-state index contributed by atoms with van der Waals surface area (Å²) in [6.45, 7) is 6.14. The van der Waals surface area contributed by atoms with Crippen LogP contribution in [0.1, 0.15) is 32.6 Å². The van der Waals surface area contributed by atoms with Gasteiger partial charge in [0.1, 0.15) is 0 Å². The first-order valence-electron chi connectivity index (χ1n) is 4.56. The van der Waals surface area contributed by atoms with Crippen LogP contribution in [0.3, 0.4) is 0 Å². The molecule has 0 aromatic carbocycles. The van der Waals surface area contributed by atoms with Crippen molar-refractivity contribution in [3.05, 3.63) is 12.2 Å². The van der Waals surface area contributed by atoms with E-state index in [1.54, 1.807) is 0 Å². The Balaban J connectivity index is 2.02. The zero-order valence-corrected chi connectivity index (χ0v) is 7.27. The van der Waals surface area contributed by atoms with Crippen LogP contribution in [0.4, 0.5) is 0 Å². The number of rotatable bonds is 1. The molecular weight excluding hydrogens is 134 g/mol. The lowest BCUT2D eigenvalue weighted by molar-refractivity contribution is 0.349. The Kier molecular flexibility index (Phi) is 1.40. The molecule has 0 amide bonds. The highest BCUT2D eigenvalue weighted by molar-refractivity contribution is 5.15. The molecule has 11 heavy (non-hydrogen) atoms. The minimum absolute atomic E-state index is 0.238. The molecule has 3 atom stereocenters. The molecule has 0 saturated heterocycles. The van der Waals surface area contributed by atoms with Crippen molar-refractivity contribution in [3.63, 3.8) is 0 Å². The van der Waals surface area contributed by atoms with Gasteiger partial charge in [-0.1, -0.05) is 12.2 Å². The van der Waals surface area contributed by atoms with Crippen molar-refractivity contribution in [1.29, 1.82) is 0 Å². The first-order chi connectivity index (χ1) is 5.12. The van der Waals surface area contributed by atoms with Gasteiger partial charge in [0.25, 0.3) is 0 Å². The highest BCUT2D eigenvalue weighted by Gasteiger charge is 2.53. The van der Waals surface area contributed by atoms with Crippen LogP contribution in [0.25, 0.3) is 0 Å². The summed E-state index contributed by atoms with van der Waals surface area (Å²) in [5.74, 6) is 1.58. The molecule has 62 valence electrons. The maximum atomic E-state index is 6.14. The zero-order valence-electron chi connectivity index (χ0n) is 7.27. The molecule has 0 radical (unpaired) electrons. The molecule has 1 heteroatoms. The Morgan fingerprint density at radius 1 is 1.45 bits per heavy atom. The minimum atomic E-state index is 0.238. The van der Waals surface area contributed by atoms with Gasteiger partial charge >= 0.3 is 0 Å². The van der Waals surface area contributed by atoms with Gasteiger partial charge in [-0.25, -0.2) is 0 Å². The highest BCUT2D eigenvalue weighted by atomic mass is 14.9. The van der Waals surface area contributed by atoms with Crippen molar-refractivity contribution in [2.75, 3.05) is 0 Å². The third-order valence-electron chi connectivity index (χ3n) is 3.47. The third kappa shape index (κ3) is 1.12. The van der Waals surface area contributed by atoms with Gasteiger partial charge in [-0.2, -0.15) is 0 Å². The van der Waals surface area contributed by atoms with Gasteiger partial charge in [0.15, 0.2) is 0 Å². The van der Waals surface area contributed by atoms with E-state index in [1.807, 2.05) is 0 Å². The van der Waals surface area contributed by atoms with Crippen LogP contribution in [0.15, 0.2) is 12.2 Å². The standard InChI is InChI=1S/C10H17N/c1-7(2)8-3-4-9-6-10(9,11)5-8/h8-9H,1,3-6,11H2,2H3. The molecule has 0 heterocycles. The van der Waals surface area contributed by atoms with Crippen molar-refractivity contribution in [1.82, 2.24) is 0 Å². The summed E-state index contributed by atoms with van der Waals surface area (Å²) < 4.78 is 0. The number of hydrogen-bond acceptors (Lipinski definition) is 1. The van der Waals surface area contributed by atoms with Crippen LogP contribution in [0.2, 0.25) is 0 Å². The van der Waals surface area contributed by atoms with Crippen LogP contribution in [-0.2, 0) is 0 Å². The highest BCUT2D eigenvalue weighted by Crippen LogP contribution is 2.54. The normalized spacial score (nSPS) is 48.2. The van der Waals surface area contributed by atoms with Crippen LogP contribution in [0.5, 0.6) is 0 Å². The largest absolute Gasteiger partial charge is 0.325 e. The quantitative estimate of drug-likeness (QED) is 0.570. The maximum Gasteiger partial charge on any atom is 0.0192 e. The second kappa shape index (κ2) is 2.10. The fourth-order valence-electron chi connectivity index (χ4n) is 2.42. The average molecular weight is 151 g/mol. The van der Waals surface area contributed by atoms with E-state index in [-0.39, 0.29) is 5.54 Å². The Bertz CT molecular complexity index is 197. The zero-order chi connectivity index (χ0) is 8.06. The molecule has 0 spiro atoms. The smallest absolute Gasteiger partial charge is 0.0192 e. The molecule has 2 rings (SSSR count). The van der Waals surface area contributed by atoms with Gasteiger partial charge in [0.2, 0.25) is 0 Å². The molecule has 3 unspecified atom stereocenters. The van der Waals surface area contributed by atoms with E-state index in [4.69, 9.17) is 5.73 Å². The van der Waals surface area contributed by atoms with Crippen LogP contribution >= 0.6 is 0 Å². The summed E-state index contributed by atoms with van der Waals surface area (Å²) >= 11 is 0. The van der Waals surface area contributed by atoms with Crippen LogP contribution in [0, 0.1) is 11.8 Å². The maximum absolute atomic E-state index is 6.14. The van der Waals surface area contributed by atoms with Crippen molar-refractivity contribution < 1.29 is 0 Å². The van der Waals surface area contributed by atoms with Gasteiger partial charge in [-0.05, 0) is 44.4 Å². The summed E-state index contributed by atoms with van der Waals surface area (Å²) in [5, 5.41) is 0. The monoisotopic (exact) mass is 151 g/mol. The van der Waals surface area contributed by atoms with E-state index < -0.39 is 0 Å². The first kappa shape index (κ1) is 7.35. The number of fused-ring (bicyclic) bond motifs is 1. The molecule has 2 N–H and O–H groups in total. The molecule has 0 aromatic heterocycles. The lowest BCUT2D eigenvalue weighted by Crippen LogP contribution is -2.31. The number of nitrogens with two attached hydrogens (primary N) is 1. The van der Waals surface area contributed by atoms with E-state index in [0.29, 0.717) is 0 Å². The van der Waals surface area contributed by atoms with Crippen molar-refractivity contribution in [2.24, 2.45) is 17.6 Å². The third-order valence-corrected chi connectivity index (χ3v) is 3.47. The molecule has 0 bridgehead atoms. The van der Waals surface area contributed by atoms with Gasteiger partial charge in [-0.3, -0.25) is 0 Å². The molecule has 1 nitrogen and oxygen atoms in total. The van der Waals surface area contributed by atoms with Crippen molar-refractivity contribution >= 4 is 0 Å². The molecule has 2 fully saturated rings. The molecule has 2 saturated carbocycles. The van der Waals surface area contributed by atoms with E-state index >= 15 is 0 Å². The van der Waals surface area contributed by atoms with Gasteiger partial charge in [-0.15, -0.1) is 0 Å². The molecule has 2 aliphatic rings. The molecule has 0 aliphatic heterocycles. The Morgan fingerprint density at radius 3 is 2.73 bits per heavy atom. The number of hydrogen-bond donors (Lipinski definition) is 1. The Hall–Kier alpha value is -0.300. The molecule has 0 aromatic rings. The minimum Gasteiger partial charge on any atom is -0.325 e. The van der Waals surface area contributed by atoms with E-state index in [2.05, 4.69) is 13.5 Å². The summed E-state index contributed by atoms with van der Waals surface area (Å²) in [6, 6.07) is 0. The summed E-state index contributed by atoms with van der Waals surface area (Å²) in [5.41, 5.74) is 7.71. The lowest BCUT2D eigenvalue weighted by atomic mass is 9.82. The van der Waals surface area contributed by atoms with Gasteiger partial charge < -0.3 is 5.73 Å². The van der Waals surface area contributed by atoms with Gasteiger partial charge in [0.05, 0.1) is 0 Å². The second-order valence-electron chi connectivity index (χ2n) is 4.46. The summed E-state index contributed by atoms with van der Waals surface area (Å²) in [7, 11) is 0. The second-order valence-corrected chi connectivity index (χ2v) is 4.46. The Morgan fingerprint density at radius 2 is 2.18 bits per heavy atom. The van der Waals surface area contributed by atoms with Crippen molar-refractivity contribution in [2.45, 2.75) is 38.1 Å². The fraction of sp³-hybridized carbons (Fsp3) is 0.800. The SMILES string of the molecule is C=C(C)C1CCC2CC2(N)C1. The summed E-state index contributed by atoms with van der Waals surface area (Å²) in [4.78, 5) is 0. The Labute approximate surface area is 68.7 Å². The number of allylic oxidation sites excluding steroid dienone is 1. The van der Waals surface area contributed by atoms with E-state index in [0.717, 1.165) is 11.8 Å². The van der Waals surface area contributed by atoms with E-state index in [1.165, 1.54) is 31.3 Å².